The zero-order valence-corrected chi connectivity index (χ0v) is 7.89. The highest BCUT2D eigenvalue weighted by Gasteiger charge is 2.44. The van der Waals surface area contributed by atoms with Crippen LogP contribution in [-0.2, 0) is 19.1 Å². The predicted octanol–water partition coefficient (Wildman–Crippen LogP) is 0.700. The molecule has 2 fully saturated rings. The molecular weight excluding hydrogens is 192 g/mol. The van der Waals surface area contributed by atoms with E-state index in [-0.39, 0.29) is 6.42 Å². The van der Waals surface area contributed by atoms with E-state index >= 15 is 0 Å². The van der Waals surface area contributed by atoms with Crippen molar-refractivity contribution in [3.63, 3.8) is 0 Å². The van der Waals surface area contributed by atoms with Crippen molar-refractivity contribution >= 4 is 23.7 Å². The third-order valence-corrected chi connectivity index (χ3v) is 3.13. The van der Waals surface area contributed by atoms with Crippen LogP contribution in [0.1, 0.15) is 19.3 Å². The molecule has 4 nitrogen and oxygen atoms in total. The lowest BCUT2D eigenvalue weighted by molar-refractivity contribution is -0.245. The number of hydrogen-bond donors (Lipinski definition) is 0. The van der Waals surface area contributed by atoms with Crippen molar-refractivity contribution in [1.82, 2.24) is 0 Å². The standard InChI is InChI=1S/C8H10O4S/c9-6-5-7(10)12-8(11-6)1-3-13-4-2-8/h1-5H2. The molecule has 2 aliphatic rings. The molecule has 2 saturated heterocycles. The molecule has 1 spiro atoms. The van der Waals surface area contributed by atoms with Crippen LogP contribution in [0.2, 0.25) is 0 Å². The van der Waals surface area contributed by atoms with Crippen molar-refractivity contribution in [1.29, 1.82) is 0 Å². The van der Waals surface area contributed by atoms with Crippen molar-refractivity contribution in [2.24, 2.45) is 0 Å². The molecule has 0 aromatic carbocycles. The lowest BCUT2D eigenvalue weighted by atomic mass is 10.1. The van der Waals surface area contributed by atoms with Gasteiger partial charge in [-0.15, -0.1) is 0 Å². The summed E-state index contributed by atoms with van der Waals surface area (Å²) in [4.78, 5) is 22.0. The average Bonchev–Trinajstić information content (AvgIpc) is 2.02. The molecule has 72 valence electrons. The molecule has 0 bridgehead atoms. The Kier molecular flexibility index (Phi) is 2.19. The Balaban J connectivity index is 2.11. The van der Waals surface area contributed by atoms with Crippen LogP contribution in [0.25, 0.3) is 0 Å². The first-order valence-electron chi connectivity index (χ1n) is 4.22. The van der Waals surface area contributed by atoms with Crippen LogP contribution in [0.15, 0.2) is 0 Å². The lowest BCUT2D eigenvalue weighted by Gasteiger charge is -2.37. The number of esters is 2. The van der Waals surface area contributed by atoms with Crippen LogP contribution < -0.4 is 0 Å². The van der Waals surface area contributed by atoms with Gasteiger partial charge in [0.15, 0.2) is 0 Å². The van der Waals surface area contributed by atoms with Gasteiger partial charge in [0.1, 0.15) is 6.42 Å². The fraction of sp³-hybridized carbons (Fsp3) is 0.750. The molecule has 0 amide bonds. The second kappa shape index (κ2) is 3.21. The van der Waals surface area contributed by atoms with Crippen molar-refractivity contribution in [2.75, 3.05) is 11.5 Å². The number of ether oxygens (including phenoxy) is 2. The van der Waals surface area contributed by atoms with Crippen molar-refractivity contribution in [3.8, 4) is 0 Å². The summed E-state index contributed by atoms with van der Waals surface area (Å²) >= 11 is 1.78. The highest BCUT2D eigenvalue weighted by Crippen LogP contribution is 2.34. The highest BCUT2D eigenvalue weighted by molar-refractivity contribution is 7.99. The predicted molar refractivity (Wildman–Crippen MR) is 46.1 cm³/mol. The molecule has 2 aliphatic heterocycles. The van der Waals surface area contributed by atoms with Gasteiger partial charge in [0.2, 0.25) is 0 Å². The van der Waals surface area contributed by atoms with Gasteiger partial charge >= 0.3 is 11.9 Å². The molecule has 0 radical (unpaired) electrons. The minimum absolute atomic E-state index is 0.241. The Labute approximate surface area is 80.0 Å². The van der Waals surface area contributed by atoms with Gasteiger partial charge in [-0.05, 0) is 0 Å². The van der Waals surface area contributed by atoms with Gasteiger partial charge < -0.3 is 9.47 Å². The maximum atomic E-state index is 11.0. The summed E-state index contributed by atoms with van der Waals surface area (Å²) in [7, 11) is 0. The smallest absolute Gasteiger partial charge is 0.320 e. The van der Waals surface area contributed by atoms with E-state index in [4.69, 9.17) is 9.47 Å². The lowest BCUT2D eigenvalue weighted by Crippen LogP contribution is -2.47. The molecule has 0 unspecified atom stereocenters. The zero-order chi connectivity index (χ0) is 9.31. The Morgan fingerprint density at radius 1 is 1.08 bits per heavy atom. The Hall–Kier alpha value is -0.710. The molecule has 0 saturated carbocycles. The zero-order valence-electron chi connectivity index (χ0n) is 7.08. The van der Waals surface area contributed by atoms with E-state index < -0.39 is 17.7 Å². The maximum Gasteiger partial charge on any atom is 0.320 e. The maximum absolute atomic E-state index is 11.0. The van der Waals surface area contributed by atoms with E-state index in [1.165, 1.54) is 0 Å². The third-order valence-electron chi connectivity index (χ3n) is 2.14. The molecule has 0 aliphatic carbocycles. The highest BCUT2D eigenvalue weighted by atomic mass is 32.2. The Morgan fingerprint density at radius 2 is 1.62 bits per heavy atom. The summed E-state index contributed by atoms with van der Waals surface area (Å²) in [5.74, 6) is -0.0787. The van der Waals surface area contributed by atoms with Gasteiger partial charge in [-0.2, -0.15) is 11.8 Å². The van der Waals surface area contributed by atoms with E-state index in [2.05, 4.69) is 0 Å². The Bertz CT molecular complexity index is 227. The minimum Gasteiger partial charge on any atom is -0.422 e. The first kappa shape index (κ1) is 8.87. The van der Waals surface area contributed by atoms with Crippen LogP contribution in [0.4, 0.5) is 0 Å². The fourth-order valence-corrected chi connectivity index (χ4v) is 2.63. The van der Waals surface area contributed by atoms with Crippen LogP contribution in [0, 0.1) is 0 Å². The molecule has 0 N–H and O–H groups in total. The number of thioether (sulfide) groups is 1. The summed E-state index contributed by atoms with van der Waals surface area (Å²) in [6.45, 7) is 0. The molecule has 0 atom stereocenters. The molecular formula is C8H10O4S. The van der Waals surface area contributed by atoms with E-state index in [9.17, 15) is 9.59 Å². The number of carbonyl (C=O) groups excluding carboxylic acids is 2. The van der Waals surface area contributed by atoms with Gasteiger partial charge in [-0.3, -0.25) is 9.59 Å². The quantitative estimate of drug-likeness (QED) is 0.427. The van der Waals surface area contributed by atoms with Gasteiger partial charge in [-0.1, -0.05) is 0 Å². The Morgan fingerprint density at radius 3 is 2.15 bits per heavy atom. The van der Waals surface area contributed by atoms with Crippen LogP contribution in [-0.4, -0.2) is 29.2 Å². The van der Waals surface area contributed by atoms with Crippen LogP contribution in [0.3, 0.4) is 0 Å². The van der Waals surface area contributed by atoms with E-state index in [0.717, 1.165) is 11.5 Å². The van der Waals surface area contributed by atoms with Gasteiger partial charge in [0.05, 0.1) is 0 Å². The number of rotatable bonds is 0. The molecule has 2 heterocycles. The SMILES string of the molecule is O=C1CC(=O)OC2(CCSCC2)O1. The summed E-state index contributed by atoms with van der Waals surface area (Å²) in [6, 6.07) is 0. The molecule has 0 aromatic rings. The van der Waals surface area contributed by atoms with Gasteiger partial charge in [0, 0.05) is 24.3 Å². The first-order chi connectivity index (χ1) is 6.20. The molecule has 2 rings (SSSR count). The number of hydrogen-bond acceptors (Lipinski definition) is 5. The largest absolute Gasteiger partial charge is 0.422 e. The van der Waals surface area contributed by atoms with Crippen LogP contribution >= 0.6 is 11.8 Å². The van der Waals surface area contributed by atoms with E-state index in [1.54, 1.807) is 11.8 Å². The first-order valence-corrected chi connectivity index (χ1v) is 5.37. The fourth-order valence-electron chi connectivity index (χ4n) is 1.51. The summed E-state index contributed by atoms with van der Waals surface area (Å²) < 4.78 is 10.2. The minimum atomic E-state index is -0.919. The summed E-state index contributed by atoms with van der Waals surface area (Å²) in [5.41, 5.74) is 0. The molecule has 13 heavy (non-hydrogen) atoms. The van der Waals surface area contributed by atoms with E-state index in [0.29, 0.717) is 12.8 Å². The molecule has 0 aromatic heterocycles. The monoisotopic (exact) mass is 202 g/mol. The van der Waals surface area contributed by atoms with E-state index in [1.807, 2.05) is 0 Å². The number of carbonyl (C=O) groups is 2. The average molecular weight is 202 g/mol. The van der Waals surface area contributed by atoms with Crippen molar-refractivity contribution in [2.45, 2.75) is 25.0 Å². The van der Waals surface area contributed by atoms with Gasteiger partial charge in [-0.25, -0.2) is 0 Å². The van der Waals surface area contributed by atoms with Crippen molar-refractivity contribution < 1.29 is 19.1 Å². The van der Waals surface area contributed by atoms with Gasteiger partial charge in [0.25, 0.3) is 5.79 Å². The molecule has 5 heteroatoms. The van der Waals surface area contributed by atoms with Crippen molar-refractivity contribution in [3.05, 3.63) is 0 Å². The summed E-state index contributed by atoms with van der Waals surface area (Å²) in [5, 5.41) is 0. The normalized spacial score (nSPS) is 26.8. The van der Waals surface area contributed by atoms with Crippen LogP contribution in [0.5, 0.6) is 0 Å². The second-order valence-electron chi connectivity index (χ2n) is 3.15. The third kappa shape index (κ3) is 1.80. The topological polar surface area (TPSA) is 52.6 Å². The second-order valence-corrected chi connectivity index (χ2v) is 4.37. The summed E-state index contributed by atoms with van der Waals surface area (Å²) in [6.07, 6.45) is 0.999.